The Morgan fingerprint density at radius 2 is 2.25 bits per heavy atom. The van der Waals surface area contributed by atoms with Gasteiger partial charge in [-0.1, -0.05) is 11.6 Å². The molecule has 0 bridgehead atoms. The number of hydrogen-bond acceptors (Lipinski definition) is 3. The molecule has 2 rings (SSSR count). The summed E-state index contributed by atoms with van der Waals surface area (Å²) in [5, 5.41) is 13.1. The van der Waals surface area contributed by atoms with Crippen LogP contribution in [0.3, 0.4) is 0 Å². The van der Waals surface area contributed by atoms with E-state index >= 15 is 0 Å². The second-order valence-electron chi connectivity index (χ2n) is 5.56. The third kappa shape index (κ3) is 3.71. The highest BCUT2D eigenvalue weighted by atomic mass is 35.5. The molecule has 6 heteroatoms. The van der Waals surface area contributed by atoms with Crippen molar-refractivity contribution in [2.45, 2.75) is 38.8 Å². The first-order chi connectivity index (χ1) is 9.24. The smallest absolute Gasteiger partial charge is 0.223 e. The summed E-state index contributed by atoms with van der Waals surface area (Å²) in [5.74, 6) is 0.440. The molecule has 1 atom stereocenters. The lowest BCUT2D eigenvalue weighted by Gasteiger charge is -2.18. The number of aliphatic hydroxyl groups is 1. The molecule has 1 unspecified atom stereocenters. The third-order valence-corrected chi connectivity index (χ3v) is 3.08. The van der Waals surface area contributed by atoms with Crippen LogP contribution in [0.1, 0.15) is 39.1 Å². The average Bonchev–Trinajstić information content (AvgIpc) is 2.68. The summed E-state index contributed by atoms with van der Waals surface area (Å²) in [6.45, 7) is 5.03. The van der Waals surface area contributed by atoms with Crippen molar-refractivity contribution in [2.24, 2.45) is 0 Å². The first-order valence-electron chi connectivity index (χ1n) is 6.41. The fourth-order valence-electron chi connectivity index (χ4n) is 1.96. The van der Waals surface area contributed by atoms with Gasteiger partial charge in [0.1, 0.15) is 5.82 Å². The average molecular weight is 296 g/mol. The molecule has 0 saturated carbocycles. The summed E-state index contributed by atoms with van der Waals surface area (Å²) in [5.41, 5.74) is 0.606. The molecular formula is C14H18ClN3O2. The zero-order valence-corrected chi connectivity index (χ0v) is 12.5. The van der Waals surface area contributed by atoms with E-state index in [4.69, 9.17) is 11.6 Å². The summed E-state index contributed by atoms with van der Waals surface area (Å²) < 4.78 is 0. The van der Waals surface area contributed by atoms with Crippen LogP contribution in [0.2, 0.25) is 5.02 Å². The standard InChI is InChI=1S/C14H18ClN3O2/c1-8(16-12(19)7-14(2,3)20)13-17-10-5-4-9(15)6-11(10)18-13/h4-6,8,20H,7H2,1-3H3,(H,16,19)(H,17,18). The Morgan fingerprint density at radius 3 is 2.90 bits per heavy atom. The van der Waals surface area contributed by atoms with Gasteiger partial charge in [0.25, 0.3) is 0 Å². The number of fused-ring (bicyclic) bond motifs is 1. The van der Waals surface area contributed by atoms with Crippen LogP contribution in [-0.2, 0) is 4.79 Å². The van der Waals surface area contributed by atoms with Crippen LogP contribution in [0.4, 0.5) is 0 Å². The molecule has 1 amide bonds. The molecule has 3 N–H and O–H groups in total. The first kappa shape index (κ1) is 14.8. The van der Waals surface area contributed by atoms with Crippen molar-refractivity contribution in [3.8, 4) is 0 Å². The largest absolute Gasteiger partial charge is 0.390 e. The predicted molar refractivity (Wildman–Crippen MR) is 78.6 cm³/mol. The second kappa shape index (κ2) is 5.42. The van der Waals surface area contributed by atoms with Crippen LogP contribution in [0.15, 0.2) is 18.2 Å². The van der Waals surface area contributed by atoms with Crippen LogP contribution in [0.5, 0.6) is 0 Å². The maximum Gasteiger partial charge on any atom is 0.223 e. The number of carbonyl (C=O) groups is 1. The number of aromatic nitrogens is 2. The number of aromatic amines is 1. The second-order valence-corrected chi connectivity index (χ2v) is 6.00. The van der Waals surface area contributed by atoms with Crippen molar-refractivity contribution < 1.29 is 9.90 Å². The highest BCUT2D eigenvalue weighted by Crippen LogP contribution is 2.20. The summed E-state index contributed by atoms with van der Waals surface area (Å²) in [4.78, 5) is 19.3. The molecule has 0 fully saturated rings. The van der Waals surface area contributed by atoms with E-state index in [1.165, 1.54) is 0 Å². The molecule has 0 aliphatic heterocycles. The van der Waals surface area contributed by atoms with Gasteiger partial charge in [0.2, 0.25) is 5.91 Å². The van der Waals surface area contributed by atoms with Crippen molar-refractivity contribution in [3.63, 3.8) is 0 Å². The maximum atomic E-state index is 11.8. The van der Waals surface area contributed by atoms with Crippen LogP contribution in [0, 0.1) is 0 Å². The van der Waals surface area contributed by atoms with E-state index in [0.717, 1.165) is 11.0 Å². The van der Waals surface area contributed by atoms with Crippen molar-refractivity contribution in [2.75, 3.05) is 0 Å². The Morgan fingerprint density at radius 1 is 1.55 bits per heavy atom. The fraction of sp³-hybridized carbons (Fsp3) is 0.429. The van der Waals surface area contributed by atoms with E-state index in [1.54, 1.807) is 26.0 Å². The molecule has 0 aliphatic carbocycles. The lowest BCUT2D eigenvalue weighted by molar-refractivity contribution is -0.125. The number of imidazole rings is 1. The molecule has 2 aromatic rings. The Bertz CT molecular complexity index is 631. The summed E-state index contributed by atoms with van der Waals surface area (Å²) in [6, 6.07) is 5.12. The monoisotopic (exact) mass is 295 g/mol. The molecule has 5 nitrogen and oxygen atoms in total. The zero-order valence-electron chi connectivity index (χ0n) is 11.7. The fourth-order valence-corrected chi connectivity index (χ4v) is 2.13. The van der Waals surface area contributed by atoms with Crippen LogP contribution in [-0.4, -0.2) is 26.6 Å². The highest BCUT2D eigenvalue weighted by Gasteiger charge is 2.20. The highest BCUT2D eigenvalue weighted by molar-refractivity contribution is 6.31. The van der Waals surface area contributed by atoms with E-state index in [-0.39, 0.29) is 18.4 Å². The van der Waals surface area contributed by atoms with Gasteiger partial charge in [-0.2, -0.15) is 0 Å². The topological polar surface area (TPSA) is 78.0 Å². The normalized spacial score (nSPS) is 13.4. The van der Waals surface area contributed by atoms with Gasteiger partial charge in [0.15, 0.2) is 0 Å². The number of benzene rings is 1. The van der Waals surface area contributed by atoms with Crippen LogP contribution < -0.4 is 5.32 Å². The Balaban J connectivity index is 2.11. The van der Waals surface area contributed by atoms with Crippen LogP contribution >= 0.6 is 11.6 Å². The number of carbonyl (C=O) groups excluding carboxylic acids is 1. The van der Waals surface area contributed by atoms with Crippen molar-refractivity contribution >= 4 is 28.5 Å². The molecule has 1 aromatic carbocycles. The molecule has 1 aromatic heterocycles. The Labute approximate surface area is 122 Å². The number of amides is 1. The van der Waals surface area contributed by atoms with Gasteiger partial charge >= 0.3 is 0 Å². The maximum absolute atomic E-state index is 11.8. The van der Waals surface area contributed by atoms with Gasteiger partial charge in [-0.15, -0.1) is 0 Å². The predicted octanol–water partition coefficient (Wildman–Crippen LogP) is 2.55. The Kier molecular flexibility index (Phi) is 4.01. The molecule has 0 spiro atoms. The summed E-state index contributed by atoms with van der Waals surface area (Å²) >= 11 is 5.92. The third-order valence-electron chi connectivity index (χ3n) is 2.84. The van der Waals surface area contributed by atoms with Crippen molar-refractivity contribution in [1.29, 1.82) is 0 Å². The van der Waals surface area contributed by atoms with Crippen LogP contribution in [0.25, 0.3) is 11.0 Å². The van der Waals surface area contributed by atoms with E-state index in [1.807, 2.05) is 13.0 Å². The molecule has 1 heterocycles. The van der Waals surface area contributed by atoms with E-state index in [2.05, 4.69) is 15.3 Å². The van der Waals surface area contributed by atoms with Gasteiger partial charge in [0.05, 0.1) is 29.1 Å². The Hall–Kier alpha value is -1.59. The zero-order chi connectivity index (χ0) is 14.9. The van der Waals surface area contributed by atoms with Gasteiger partial charge < -0.3 is 15.4 Å². The quantitative estimate of drug-likeness (QED) is 0.811. The van der Waals surface area contributed by atoms with Crippen molar-refractivity contribution in [3.05, 3.63) is 29.0 Å². The number of H-pyrrole nitrogens is 1. The van der Waals surface area contributed by atoms with Gasteiger partial charge in [-0.25, -0.2) is 4.98 Å². The SMILES string of the molecule is CC(NC(=O)CC(C)(C)O)c1nc2ccc(Cl)cc2[nH]1. The minimum atomic E-state index is -1.02. The first-order valence-corrected chi connectivity index (χ1v) is 6.79. The number of rotatable bonds is 4. The van der Waals surface area contributed by atoms with E-state index < -0.39 is 5.60 Å². The molecule has 0 saturated heterocycles. The van der Waals surface area contributed by atoms with E-state index in [0.29, 0.717) is 10.8 Å². The lowest BCUT2D eigenvalue weighted by atomic mass is 10.1. The van der Waals surface area contributed by atoms with Gasteiger partial charge in [-0.3, -0.25) is 4.79 Å². The van der Waals surface area contributed by atoms with Gasteiger partial charge in [-0.05, 0) is 39.0 Å². The molecule has 108 valence electrons. The van der Waals surface area contributed by atoms with Crippen molar-refractivity contribution in [1.82, 2.24) is 15.3 Å². The minimum absolute atomic E-state index is 0.0450. The molecule has 0 aliphatic rings. The number of nitrogens with one attached hydrogen (secondary N) is 2. The summed E-state index contributed by atoms with van der Waals surface area (Å²) in [7, 11) is 0. The van der Waals surface area contributed by atoms with Gasteiger partial charge in [0, 0.05) is 5.02 Å². The lowest BCUT2D eigenvalue weighted by Crippen LogP contribution is -2.34. The number of nitrogens with zero attached hydrogens (tertiary/aromatic N) is 1. The molecule has 0 radical (unpaired) electrons. The molecule has 20 heavy (non-hydrogen) atoms. The van der Waals surface area contributed by atoms with E-state index in [9.17, 15) is 9.90 Å². The minimum Gasteiger partial charge on any atom is -0.390 e. The summed E-state index contributed by atoms with van der Waals surface area (Å²) in [6.07, 6.45) is 0.0450. The number of halogens is 1. The molecular weight excluding hydrogens is 278 g/mol. The number of hydrogen-bond donors (Lipinski definition) is 3.